The van der Waals surface area contributed by atoms with Crippen molar-refractivity contribution in [1.82, 2.24) is 5.32 Å². The SMILES string of the molecule is CCOC(=O)/C=C/c1ccc(OCC)cc1[C@@H](C)OCC(O)CNC(C)(C)CC1Cc2ccccc2C1. The van der Waals surface area contributed by atoms with E-state index in [1.807, 2.05) is 32.0 Å². The van der Waals surface area contributed by atoms with E-state index in [0.29, 0.717) is 25.7 Å². The van der Waals surface area contributed by atoms with Gasteiger partial charge in [-0.1, -0.05) is 30.3 Å². The zero-order chi connectivity index (χ0) is 26.8. The van der Waals surface area contributed by atoms with Crippen LogP contribution in [0.2, 0.25) is 0 Å². The molecule has 0 aromatic heterocycles. The van der Waals surface area contributed by atoms with Gasteiger partial charge in [0.15, 0.2) is 0 Å². The summed E-state index contributed by atoms with van der Waals surface area (Å²) in [6.45, 7) is 11.6. The maximum absolute atomic E-state index is 11.8. The summed E-state index contributed by atoms with van der Waals surface area (Å²) in [7, 11) is 0. The van der Waals surface area contributed by atoms with E-state index < -0.39 is 6.10 Å². The molecule has 1 aliphatic carbocycles. The highest BCUT2D eigenvalue weighted by molar-refractivity contribution is 5.87. The molecule has 0 fully saturated rings. The second kappa shape index (κ2) is 13.8. The van der Waals surface area contributed by atoms with Crippen molar-refractivity contribution in [2.75, 3.05) is 26.4 Å². The van der Waals surface area contributed by atoms with Gasteiger partial charge in [0.25, 0.3) is 0 Å². The first kappa shape index (κ1) is 28.9. The third-order valence-corrected chi connectivity index (χ3v) is 6.78. The highest BCUT2D eigenvalue weighted by Gasteiger charge is 2.28. The van der Waals surface area contributed by atoms with Crippen LogP contribution in [0.1, 0.15) is 69.4 Å². The highest BCUT2D eigenvalue weighted by Crippen LogP contribution is 2.32. The molecule has 3 rings (SSSR count). The minimum atomic E-state index is -0.643. The number of rotatable bonds is 14. The molecule has 2 N–H and O–H groups in total. The lowest BCUT2D eigenvalue weighted by atomic mass is 9.88. The van der Waals surface area contributed by atoms with E-state index in [0.717, 1.165) is 36.1 Å². The van der Waals surface area contributed by atoms with E-state index in [-0.39, 0.29) is 24.2 Å². The summed E-state index contributed by atoms with van der Waals surface area (Å²) in [5.41, 5.74) is 4.57. The van der Waals surface area contributed by atoms with Crippen molar-refractivity contribution in [2.45, 2.75) is 71.6 Å². The number of esters is 1. The Balaban J connectivity index is 1.52. The number of carbonyl (C=O) groups is 1. The van der Waals surface area contributed by atoms with Gasteiger partial charge in [0.1, 0.15) is 5.75 Å². The smallest absolute Gasteiger partial charge is 0.330 e. The summed E-state index contributed by atoms with van der Waals surface area (Å²) in [4.78, 5) is 11.8. The van der Waals surface area contributed by atoms with Crippen LogP contribution < -0.4 is 10.1 Å². The van der Waals surface area contributed by atoms with Crippen LogP contribution in [0, 0.1) is 5.92 Å². The number of β-amino-alcohol motifs (C(OH)–C–C–N with tert-alkyl or cyclic N) is 1. The number of carbonyl (C=O) groups excluding carboxylic acids is 1. The zero-order valence-electron chi connectivity index (χ0n) is 23.0. The van der Waals surface area contributed by atoms with Gasteiger partial charge in [-0.3, -0.25) is 0 Å². The maximum atomic E-state index is 11.8. The molecule has 0 heterocycles. The van der Waals surface area contributed by atoms with E-state index >= 15 is 0 Å². The number of benzene rings is 2. The summed E-state index contributed by atoms with van der Waals surface area (Å²) < 4.78 is 16.7. The number of nitrogens with one attached hydrogen (secondary N) is 1. The Labute approximate surface area is 222 Å². The number of aliphatic hydroxyl groups is 1. The third kappa shape index (κ3) is 8.99. The van der Waals surface area contributed by atoms with Gasteiger partial charge < -0.3 is 24.6 Å². The lowest BCUT2D eigenvalue weighted by Crippen LogP contribution is -2.45. The largest absolute Gasteiger partial charge is 0.494 e. The number of aliphatic hydroxyl groups excluding tert-OH is 1. The van der Waals surface area contributed by atoms with Crippen LogP contribution in [-0.2, 0) is 27.1 Å². The summed E-state index contributed by atoms with van der Waals surface area (Å²) in [5.74, 6) is 0.966. The predicted molar refractivity (Wildman–Crippen MR) is 148 cm³/mol. The Kier molecular flexibility index (Phi) is 10.7. The van der Waals surface area contributed by atoms with Crippen molar-refractivity contribution < 1.29 is 24.1 Å². The van der Waals surface area contributed by atoms with E-state index in [2.05, 4.69) is 43.4 Å². The summed E-state index contributed by atoms with van der Waals surface area (Å²) in [5, 5.41) is 14.2. The molecule has 2 aromatic carbocycles. The quantitative estimate of drug-likeness (QED) is 0.267. The Hall–Kier alpha value is -2.67. The summed E-state index contributed by atoms with van der Waals surface area (Å²) in [6, 6.07) is 14.4. The monoisotopic (exact) mass is 509 g/mol. The van der Waals surface area contributed by atoms with Crippen LogP contribution >= 0.6 is 0 Å². The van der Waals surface area contributed by atoms with Gasteiger partial charge >= 0.3 is 5.97 Å². The second-order valence-corrected chi connectivity index (χ2v) is 10.5. The van der Waals surface area contributed by atoms with Crippen LogP contribution in [-0.4, -0.2) is 49.1 Å². The molecular weight excluding hydrogens is 466 g/mol. The van der Waals surface area contributed by atoms with Crippen LogP contribution in [0.25, 0.3) is 6.08 Å². The van der Waals surface area contributed by atoms with Crippen LogP contribution in [0.15, 0.2) is 48.5 Å². The molecule has 6 nitrogen and oxygen atoms in total. The van der Waals surface area contributed by atoms with E-state index in [4.69, 9.17) is 14.2 Å². The normalized spacial score (nSPS) is 15.5. The average molecular weight is 510 g/mol. The van der Waals surface area contributed by atoms with Crippen molar-refractivity contribution in [1.29, 1.82) is 0 Å². The molecule has 202 valence electrons. The highest BCUT2D eigenvalue weighted by atomic mass is 16.5. The van der Waals surface area contributed by atoms with Crippen molar-refractivity contribution in [3.05, 3.63) is 70.8 Å². The zero-order valence-corrected chi connectivity index (χ0v) is 23.0. The minimum absolute atomic E-state index is 0.0871. The van der Waals surface area contributed by atoms with E-state index in [1.165, 1.54) is 17.2 Å². The van der Waals surface area contributed by atoms with Crippen molar-refractivity contribution in [3.8, 4) is 5.75 Å². The molecule has 1 unspecified atom stereocenters. The fourth-order valence-corrected chi connectivity index (χ4v) is 5.05. The van der Waals surface area contributed by atoms with Crippen molar-refractivity contribution in [2.24, 2.45) is 5.92 Å². The van der Waals surface area contributed by atoms with Gasteiger partial charge in [-0.25, -0.2) is 4.79 Å². The molecule has 0 saturated carbocycles. The number of hydrogen-bond acceptors (Lipinski definition) is 6. The fraction of sp³-hybridized carbons (Fsp3) is 0.516. The molecule has 0 aliphatic heterocycles. The van der Waals surface area contributed by atoms with E-state index in [1.54, 1.807) is 13.0 Å². The molecule has 37 heavy (non-hydrogen) atoms. The molecular formula is C31H43NO5. The topological polar surface area (TPSA) is 77.0 Å². The molecule has 0 radical (unpaired) electrons. The standard InChI is InChI=1S/C31H43NO5/c1-6-35-28-14-12-24(13-15-30(34)36-7-2)29(18-28)22(3)37-21-27(33)20-32-31(4,5)19-23-16-25-10-8-9-11-26(25)17-23/h8-15,18,22-23,27,32-33H,6-7,16-17,19-21H2,1-5H3/b15-13+/t22-,27?/m1/s1. The first-order valence-corrected chi connectivity index (χ1v) is 13.4. The second-order valence-electron chi connectivity index (χ2n) is 10.5. The molecule has 0 bridgehead atoms. The third-order valence-electron chi connectivity index (χ3n) is 6.78. The van der Waals surface area contributed by atoms with Crippen molar-refractivity contribution in [3.63, 3.8) is 0 Å². The molecule has 2 atom stereocenters. The Bertz CT molecular complexity index is 1020. The molecule has 1 aliphatic rings. The predicted octanol–water partition coefficient (Wildman–Crippen LogP) is 5.27. The van der Waals surface area contributed by atoms with Gasteiger partial charge in [-0.15, -0.1) is 0 Å². The first-order chi connectivity index (χ1) is 17.7. The number of hydrogen-bond donors (Lipinski definition) is 2. The molecule has 6 heteroatoms. The van der Waals surface area contributed by atoms with E-state index in [9.17, 15) is 9.90 Å². The Morgan fingerprint density at radius 1 is 1.14 bits per heavy atom. The Morgan fingerprint density at radius 2 is 1.84 bits per heavy atom. The van der Waals surface area contributed by atoms with Gasteiger partial charge in [0.2, 0.25) is 0 Å². The lowest BCUT2D eigenvalue weighted by molar-refractivity contribution is -0.137. The lowest BCUT2D eigenvalue weighted by Gasteiger charge is -2.31. The van der Waals surface area contributed by atoms with Gasteiger partial charge in [0.05, 0.1) is 32.0 Å². The Morgan fingerprint density at radius 3 is 2.49 bits per heavy atom. The van der Waals surface area contributed by atoms with Crippen LogP contribution in [0.4, 0.5) is 0 Å². The van der Waals surface area contributed by atoms with Gasteiger partial charge in [0, 0.05) is 18.2 Å². The molecule has 0 saturated heterocycles. The average Bonchev–Trinajstić information content (AvgIpc) is 3.27. The summed E-state index contributed by atoms with van der Waals surface area (Å²) >= 11 is 0. The minimum Gasteiger partial charge on any atom is -0.494 e. The van der Waals surface area contributed by atoms with Gasteiger partial charge in [-0.2, -0.15) is 0 Å². The van der Waals surface area contributed by atoms with Crippen molar-refractivity contribution >= 4 is 12.0 Å². The van der Waals surface area contributed by atoms with Crippen LogP contribution in [0.3, 0.4) is 0 Å². The first-order valence-electron chi connectivity index (χ1n) is 13.4. The van der Waals surface area contributed by atoms with Crippen LogP contribution in [0.5, 0.6) is 5.75 Å². The van der Waals surface area contributed by atoms with Gasteiger partial charge in [-0.05, 0) is 100 Å². The molecule has 2 aromatic rings. The molecule has 0 spiro atoms. The number of fused-ring (bicyclic) bond motifs is 1. The summed E-state index contributed by atoms with van der Waals surface area (Å²) in [6.07, 6.45) is 5.49. The fourth-order valence-electron chi connectivity index (χ4n) is 5.05. The number of ether oxygens (including phenoxy) is 3. The molecule has 0 amide bonds. The maximum Gasteiger partial charge on any atom is 0.330 e.